The first kappa shape index (κ1) is 16.5. The fourth-order valence-electron chi connectivity index (χ4n) is 2.94. The molecule has 1 rings (SSSR count). The number of carboxylic acids is 1. The van der Waals surface area contributed by atoms with Crippen LogP contribution in [-0.4, -0.2) is 35.1 Å². The molecule has 19 heavy (non-hydrogen) atoms. The molecule has 1 fully saturated rings. The summed E-state index contributed by atoms with van der Waals surface area (Å²) in [7, 11) is 0. The Hall–Kier alpha value is -0.570. The quantitative estimate of drug-likeness (QED) is 0.729. The number of piperidine rings is 1. The second-order valence-corrected chi connectivity index (χ2v) is 6.60. The Morgan fingerprint density at radius 3 is 2.58 bits per heavy atom. The van der Waals surface area contributed by atoms with Gasteiger partial charge in [-0.25, -0.2) is 0 Å². The molecule has 2 unspecified atom stereocenters. The summed E-state index contributed by atoms with van der Waals surface area (Å²) in [4.78, 5) is 13.4. The minimum atomic E-state index is -0.632. The van der Waals surface area contributed by atoms with Gasteiger partial charge in [-0.15, -0.1) is 0 Å². The summed E-state index contributed by atoms with van der Waals surface area (Å²) in [6.45, 7) is 8.78. The molecule has 1 aliphatic rings. The number of nitrogens with zero attached hydrogens (tertiary/aromatic N) is 1. The van der Waals surface area contributed by atoms with Crippen molar-refractivity contribution in [1.29, 1.82) is 0 Å². The first-order chi connectivity index (χ1) is 9.00. The van der Waals surface area contributed by atoms with E-state index < -0.39 is 5.97 Å². The van der Waals surface area contributed by atoms with Crippen LogP contribution >= 0.6 is 0 Å². The van der Waals surface area contributed by atoms with Crippen molar-refractivity contribution < 1.29 is 9.90 Å². The zero-order valence-corrected chi connectivity index (χ0v) is 12.9. The Morgan fingerprint density at radius 1 is 1.21 bits per heavy atom. The van der Waals surface area contributed by atoms with Crippen LogP contribution in [0.1, 0.15) is 65.7 Å². The lowest BCUT2D eigenvalue weighted by molar-refractivity contribution is -0.144. The van der Waals surface area contributed by atoms with Gasteiger partial charge in [0.1, 0.15) is 6.04 Å². The SMILES string of the molecule is CC(C)CCCC(C)CCN1CCCCC1C(=O)O. The first-order valence-electron chi connectivity index (χ1n) is 7.97. The highest BCUT2D eigenvalue weighted by Crippen LogP contribution is 2.20. The molecule has 0 bridgehead atoms. The largest absolute Gasteiger partial charge is 0.480 e. The standard InChI is InChI=1S/C16H31NO2/c1-13(2)7-6-8-14(3)10-12-17-11-5-4-9-15(17)16(18)19/h13-15H,4-12H2,1-3H3,(H,18,19). The predicted molar refractivity (Wildman–Crippen MR) is 79.3 cm³/mol. The van der Waals surface area contributed by atoms with Gasteiger partial charge in [0, 0.05) is 0 Å². The van der Waals surface area contributed by atoms with Gasteiger partial charge in [-0.1, -0.05) is 46.5 Å². The monoisotopic (exact) mass is 269 g/mol. The lowest BCUT2D eigenvalue weighted by atomic mass is 9.96. The number of aliphatic carboxylic acids is 1. The van der Waals surface area contributed by atoms with Crippen LogP contribution < -0.4 is 0 Å². The lowest BCUT2D eigenvalue weighted by Gasteiger charge is -2.33. The Balaban J connectivity index is 2.23. The van der Waals surface area contributed by atoms with E-state index in [1.165, 1.54) is 19.3 Å². The van der Waals surface area contributed by atoms with Crippen LogP contribution in [0.3, 0.4) is 0 Å². The van der Waals surface area contributed by atoms with E-state index in [4.69, 9.17) is 0 Å². The van der Waals surface area contributed by atoms with E-state index in [0.29, 0.717) is 0 Å². The molecule has 0 aromatic heterocycles. The molecule has 0 aliphatic carbocycles. The smallest absolute Gasteiger partial charge is 0.320 e. The second kappa shape index (κ2) is 8.57. The van der Waals surface area contributed by atoms with Gasteiger partial charge >= 0.3 is 5.97 Å². The number of likely N-dealkylation sites (tertiary alicyclic amines) is 1. The molecule has 0 radical (unpaired) electrons. The van der Waals surface area contributed by atoms with Gasteiger partial charge in [-0.05, 0) is 44.2 Å². The molecular weight excluding hydrogens is 238 g/mol. The predicted octanol–water partition coefficient (Wildman–Crippen LogP) is 3.78. The Kier molecular flexibility index (Phi) is 7.44. The third kappa shape index (κ3) is 6.42. The van der Waals surface area contributed by atoms with E-state index in [1.807, 2.05) is 0 Å². The maximum Gasteiger partial charge on any atom is 0.320 e. The summed E-state index contributed by atoms with van der Waals surface area (Å²) in [5.74, 6) is 0.882. The van der Waals surface area contributed by atoms with Crippen molar-refractivity contribution in [3.8, 4) is 0 Å². The highest BCUT2D eigenvalue weighted by Gasteiger charge is 2.27. The first-order valence-corrected chi connectivity index (χ1v) is 7.97. The van der Waals surface area contributed by atoms with Gasteiger partial charge in [0.2, 0.25) is 0 Å². The van der Waals surface area contributed by atoms with Crippen molar-refractivity contribution in [2.24, 2.45) is 11.8 Å². The second-order valence-electron chi connectivity index (χ2n) is 6.60. The van der Waals surface area contributed by atoms with Crippen LogP contribution in [0.15, 0.2) is 0 Å². The van der Waals surface area contributed by atoms with Crippen LogP contribution in [0.2, 0.25) is 0 Å². The van der Waals surface area contributed by atoms with Crippen LogP contribution in [-0.2, 0) is 4.79 Å². The summed E-state index contributed by atoms with van der Waals surface area (Å²) >= 11 is 0. The zero-order valence-electron chi connectivity index (χ0n) is 12.9. The highest BCUT2D eigenvalue weighted by atomic mass is 16.4. The van der Waals surface area contributed by atoms with Gasteiger partial charge in [-0.3, -0.25) is 9.69 Å². The van der Waals surface area contributed by atoms with E-state index >= 15 is 0 Å². The van der Waals surface area contributed by atoms with E-state index in [1.54, 1.807) is 0 Å². The average molecular weight is 269 g/mol. The van der Waals surface area contributed by atoms with Crippen molar-refractivity contribution in [2.45, 2.75) is 71.8 Å². The summed E-state index contributed by atoms with van der Waals surface area (Å²) < 4.78 is 0. The maximum atomic E-state index is 11.2. The topological polar surface area (TPSA) is 40.5 Å². The normalized spacial score (nSPS) is 22.6. The molecule has 3 nitrogen and oxygen atoms in total. The van der Waals surface area contributed by atoms with E-state index in [2.05, 4.69) is 25.7 Å². The molecule has 3 heteroatoms. The Bertz CT molecular complexity index is 265. The van der Waals surface area contributed by atoms with Crippen molar-refractivity contribution in [2.75, 3.05) is 13.1 Å². The van der Waals surface area contributed by atoms with Gasteiger partial charge in [0.25, 0.3) is 0 Å². The van der Waals surface area contributed by atoms with Crippen molar-refractivity contribution in [3.63, 3.8) is 0 Å². The number of rotatable bonds is 8. The summed E-state index contributed by atoms with van der Waals surface area (Å²) in [6, 6.07) is -0.225. The molecule has 1 aliphatic heterocycles. The molecule has 1 saturated heterocycles. The van der Waals surface area contributed by atoms with Gasteiger partial charge in [-0.2, -0.15) is 0 Å². The number of carbonyl (C=O) groups is 1. The summed E-state index contributed by atoms with van der Waals surface area (Å²) in [5.41, 5.74) is 0. The molecular formula is C16H31NO2. The average Bonchev–Trinajstić information content (AvgIpc) is 2.36. The van der Waals surface area contributed by atoms with Crippen molar-refractivity contribution >= 4 is 5.97 Å². The van der Waals surface area contributed by atoms with Crippen LogP contribution in [0.25, 0.3) is 0 Å². The summed E-state index contributed by atoms with van der Waals surface area (Å²) in [5, 5.41) is 9.23. The Morgan fingerprint density at radius 2 is 1.95 bits per heavy atom. The molecule has 112 valence electrons. The van der Waals surface area contributed by atoms with Crippen LogP contribution in [0.5, 0.6) is 0 Å². The van der Waals surface area contributed by atoms with Crippen molar-refractivity contribution in [3.05, 3.63) is 0 Å². The van der Waals surface area contributed by atoms with E-state index in [-0.39, 0.29) is 6.04 Å². The molecule has 0 amide bonds. The van der Waals surface area contributed by atoms with Crippen LogP contribution in [0.4, 0.5) is 0 Å². The number of hydrogen-bond acceptors (Lipinski definition) is 2. The fourth-order valence-corrected chi connectivity index (χ4v) is 2.94. The molecule has 0 aromatic rings. The van der Waals surface area contributed by atoms with Gasteiger partial charge in [0.05, 0.1) is 0 Å². The van der Waals surface area contributed by atoms with E-state index in [9.17, 15) is 9.90 Å². The fraction of sp³-hybridized carbons (Fsp3) is 0.938. The highest BCUT2D eigenvalue weighted by molar-refractivity contribution is 5.73. The molecule has 0 saturated carbocycles. The molecule has 1 heterocycles. The Labute approximate surface area is 118 Å². The lowest BCUT2D eigenvalue weighted by Crippen LogP contribution is -2.45. The zero-order chi connectivity index (χ0) is 14.3. The minimum Gasteiger partial charge on any atom is -0.480 e. The maximum absolute atomic E-state index is 11.2. The van der Waals surface area contributed by atoms with Gasteiger partial charge in [0.15, 0.2) is 0 Å². The van der Waals surface area contributed by atoms with Gasteiger partial charge < -0.3 is 5.11 Å². The number of hydrogen-bond donors (Lipinski definition) is 1. The number of carboxylic acid groups (broad SMARTS) is 1. The molecule has 2 atom stereocenters. The minimum absolute atomic E-state index is 0.225. The summed E-state index contributed by atoms with van der Waals surface area (Å²) in [6.07, 6.45) is 8.10. The third-order valence-corrected chi connectivity index (χ3v) is 4.29. The molecule has 0 aromatic carbocycles. The molecule has 1 N–H and O–H groups in total. The van der Waals surface area contributed by atoms with Crippen molar-refractivity contribution in [1.82, 2.24) is 4.90 Å². The third-order valence-electron chi connectivity index (χ3n) is 4.29. The van der Waals surface area contributed by atoms with E-state index in [0.717, 1.165) is 50.6 Å². The molecule has 0 spiro atoms. The van der Waals surface area contributed by atoms with Crippen LogP contribution in [0, 0.1) is 11.8 Å².